The van der Waals surface area contributed by atoms with Gasteiger partial charge in [0.2, 0.25) is 0 Å². The molecule has 0 saturated heterocycles. The van der Waals surface area contributed by atoms with E-state index in [9.17, 15) is 4.39 Å². The summed E-state index contributed by atoms with van der Waals surface area (Å²) in [4.78, 5) is 0. The Kier molecular flexibility index (Phi) is 7.49. The van der Waals surface area contributed by atoms with Crippen LogP contribution in [0.2, 0.25) is 0 Å². The second-order valence-electron chi connectivity index (χ2n) is 4.99. The smallest absolute Gasteiger partial charge is 0.165 e. The zero-order valence-electron chi connectivity index (χ0n) is 12.3. The van der Waals surface area contributed by atoms with Crippen LogP contribution in [0, 0.1) is 11.7 Å². The summed E-state index contributed by atoms with van der Waals surface area (Å²) >= 11 is 0. The van der Waals surface area contributed by atoms with E-state index in [1.165, 1.54) is 18.9 Å². The van der Waals surface area contributed by atoms with E-state index in [4.69, 9.17) is 4.74 Å². The molecule has 1 atom stereocenters. The van der Waals surface area contributed by atoms with Crippen LogP contribution in [0.4, 0.5) is 4.39 Å². The van der Waals surface area contributed by atoms with Gasteiger partial charge in [-0.25, -0.2) is 4.39 Å². The maximum Gasteiger partial charge on any atom is 0.165 e. The van der Waals surface area contributed by atoms with E-state index in [-0.39, 0.29) is 5.82 Å². The summed E-state index contributed by atoms with van der Waals surface area (Å²) < 4.78 is 19.6. The van der Waals surface area contributed by atoms with Gasteiger partial charge in [-0.2, -0.15) is 0 Å². The van der Waals surface area contributed by atoms with Crippen molar-refractivity contribution < 1.29 is 9.13 Å². The van der Waals surface area contributed by atoms with Gasteiger partial charge in [-0.3, -0.25) is 0 Å². The largest absolute Gasteiger partial charge is 0.490 e. The lowest BCUT2D eigenvalue weighted by molar-refractivity contribution is 0.222. The highest BCUT2D eigenvalue weighted by atomic mass is 19.1. The predicted octanol–water partition coefficient (Wildman–Crippen LogP) is 4.14. The molecule has 3 heteroatoms. The van der Waals surface area contributed by atoms with Crippen molar-refractivity contribution in [1.29, 1.82) is 0 Å². The summed E-state index contributed by atoms with van der Waals surface area (Å²) in [6.45, 7) is 5.59. The average molecular weight is 267 g/mol. The third-order valence-electron chi connectivity index (χ3n) is 3.42. The predicted molar refractivity (Wildman–Crippen MR) is 78.0 cm³/mol. The first-order valence-electron chi connectivity index (χ1n) is 7.27. The Balaban J connectivity index is 2.64. The maximum atomic E-state index is 13.8. The van der Waals surface area contributed by atoms with Crippen molar-refractivity contribution in [1.82, 2.24) is 5.32 Å². The highest BCUT2D eigenvalue weighted by Gasteiger charge is 2.12. The molecule has 0 spiro atoms. The third kappa shape index (κ3) is 5.19. The normalized spacial score (nSPS) is 12.4. The van der Waals surface area contributed by atoms with Gasteiger partial charge in [0.1, 0.15) is 0 Å². The van der Waals surface area contributed by atoms with E-state index in [1.54, 1.807) is 6.07 Å². The summed E-state index contributed by atoms with van der Waals surface area (Å²) in [6, 6.07) is 5.09. The second-order valence-corrected chi connectivity index (χ2v) is 4.99. The average Bonchev–Trinajstić information content (AvgIpc) is 2.41. The molecule has 1 N–H and O–H groups in total. The minimum Gasteiger partial charge on any atom is -0.490 e. The van der Waals surface area contributed by atoms with E-state index in [0.29, 0.717) is 24.8 Å². The number of ether oxygens (including phenoxy) is 1. The summed E-state index contributed by atoms with van der Waals surface area (Å²) in [7, 11) is 1.85. The molecule has 0 aliphatic carbocycles. The molecule has 1 unspecified atom stereocenters. The van der Waals surface area contributed by atoms with Crippen LogP contribution in [-0.2, 0) is 6.54 Å². The molecule has 1 aromatic carbocycles. The SMILES string of the molecule is CCCCC(CC)COc1c(F)cccc1CNC. The van der Waals surface area contributed by atoms with Crippen molar-refractivity contribution in [3.05, 3.63) is 29.6 Å². The number of halogens is 1. The van der Waals surface area contributed by atoms with Gasteiger partial charge in [-0.05, 0) is 25.5 Å². The fraction of sp³-hybridized carbons (Fsp3) is 0.625. The molecule has 0 bridgehead atoms. The standard InChI is InChI=1S/C16H26FNO/c1-4-6-8-13(5-2)12-19-16-14(11-18-3)9-7-10-15(16)17/h7,9-10,13,18H,4-6,8,11-12H2,1-3H3. The van der Waals surface area contributed by atoms with Crippen LogP contribution in [0.15, 0.2) is 18.2 Å². The van der Waals surface area contributed by atoms with Crippen LogP contribution in [0.5, 0.6) is 5.75 Å². The van der Waals surface area contributed by atoms with Gasteiger partial charge in [-0.1, -0.05) is 45.2 Å². The molecule has 0 amide bonds. The summed E-state index contributed by atoms with van der Waals surface area (Å²) in [6.07, 6.45) is 4.64. The molecule has 19 heavy (non-hydrogen) atoms. The molecule has 0 fully saturated rings. The van der Waals surface area contributed by atoms with Crippen molar-refractivity contribution in [2.45, 2.75) is 46.1 Å². The first kappa shape index (κ1) is 16.0. The highest BCUT2D eigenvalue weighted by Crippen LogP contribution is 2.24. The Morgan fingerprint density at radius 2 is 2.11 bits per heavy atom. The Bertz CT molecular complexity index is 368. The minimum atomic E-state index is -0.266. The number of para-hydroxylation sites is 1. The molecule has 0 aliphatic heterocycles. The Hall–Kier alpha value is -1.09. The third-order valence-corrected chi connectivity index (χ3v) is 3.42. The fourth-order valence-corrected chi connectivity index (χ4v) is 2.14. The van der Waals surface area contributed by atoms with Crippen LogP contribution in [-0.4, -0.2) is 13.7 Å². The Labute approximate surface area is 116 Å². The lowest BCUT2D eigenvalue weighted by Gasteiger charge is -2.18. The zero-order chi connectivity index (χ0) is 14.1. The van der Waals surface area contributed by atoms with Crippen molar-refractivity contribution in [3.63, 3.8) is 0 Å². The topological polar surface area (TPSA) is 21.3 Å². The van der Waals surface area contributed by atoms with Gasteiger partial charge in [0.05, 0.1) is 6.61 Å². The van der Waals surface area contributed by atoms with Gasteiger partial charge in [0.15, 0.2) is 11.6 Å². The van der Waals surface area contributed by atoms with Crippen LogP contribution in [0.1, 0.15) is 45.1 Å². The molecule has 1 aromatic rings. The molecule has 0 heterocycles. The van der Waals surface area contributed by atoms with E-state index < -0.39 is 0 Å². The van der Waals surface area contributed by atoms with Gasteiger partial charge >= 0.3 is 0 Å². The van der Waals surface area contributed by atoms with Crippen molar-refractivity contribution in [2.75, 3.05) is 13.7 Å². The molecular weight excluding hydrogens is 241 g/mol. The quantitative estimate of drug-likeness (QED) is 0.726. The van der Waals surface area contributed by atoms with E-state index in [0.717, 1.165) is 18.4 Å². The van der Waals surface area contributed by atoms with Crippen LogP contribution in [0.25, 0.3) is 0 Å². The zero-order valence-corrected chi connectivity index (χ0v) is 12.3. The van der Waals surface area contributed by atoms with Crippen LogP contribution in [0.3, 0.4) is 0 Å². The molecule has 0 radical (unpaired) electrons. The van der Waals surface area contributed by atoms with Crippen LogP contribution >= 0.6 is 0 Å². The van der Waals surface area contributed by atoms with Crippen molar-refractivity contribution in [3.8, 4) is 5.75 Å². The summed E-state index contributed by atoms with van der Waals surface area (Å²) in [5.74, 6) is 0.659. The molecule has 0 aromatic heterocycles. The van der Waals surface area contributed by atoms with Gasteiger partial charge in [0.25, 0.3) is 0 Å². The van der Waals surface area contributed by atoms with Gasteiger partial charge in [-0.15, -0.1) is 0 Å². The summed E-state index contributed by atoms with van der Waals surface area (Å²) in [5.41, 5.74) is 0.882. The lowest BCUT2D eigenvalue weighted by atomic mass is 10.0. The number of benzene rings is 1. The van der Waals surface area contributed by atoms with Gasteiger partial charge < -0.3 is 10.1 Å². The minimum absolute atomic E-state index is 0.266. The van der Waals surface area contributed by atoms with Crippen molar-refractivity contribution in [2.24, 2.45) is 5.92 Å². The number of unbranched alkanes of at least 4 members (excludes halogenated alkanes) is 1. The number of hydrogen-bond donors (Lipinski definition) is 1. The second kappa shape index (κ2) is 8.92. The molecule has 1 rings (SSSR count). The Morgan fingerprint density at radius 1 is 1.32 bits per heavy atom. The van der Waals surface area contributed by atoms with E-state index in [1.807, 2.05) is 13.1 Å². The molecular formula is C16H26FNO. The first-order chi connectivity index (χ1) is 9.22. The lowest BCUT2D eigenvalue weighted by Crippen LogP contribution is -2.14. The molecule has 2 nitrogen and oxygen atoms in total. The molecule has 108 valence electrons. The highest BCUT2D eigenvalue weighted by molar-refractivity contribution is 5.34. The molecule has 0 saturated carbocycles. The molecule has 0 aliphatic rings. The van der Waals surface area contributed by atoms with Gasteiger partial charge in [0, 0.05) is 12.1 Å². The van der Waals surface area contributed by atoms with E-state index in [2.05, 4.69) is 19.2 Å². The van der Waals surface area contributed by atoms with E-state index >= 15 is 0 Å². The monoisotopic (exact) mass is 267 g/mol. The Morgan fingerprint density at radius 3 is 2.74 bits per heavy atom. The summed E-state index contributed by atoms with van der Waals surface area (Å²) in [5, 5.41) is 3.04. The van der Waals surface area contributed by atoms with Crippen LogP contribution < -0.4 is 10.1 Å². The number of nitrogens with one attached hydrogen (secondary N) is 1. The number of hydrogen-bond acceptors (Lipinski definition) is 2. The number of rotatable bonds is 9. The maximum absolute atomic E-state index is 13.8. The first-order valence-corrected chi connectivity index (χ1v) is 7.27. The fourth-order valence-electron chi connectivity index (χ4n) is 2.14. The van der Waals surface area contributed by atoms with Crippen molar-refractivity contribution >= 4 is 0 Å².